The molecule has 19 heavy (non-hydrogen) atoms. The first kappa shape index (κ1) is 12.4. The highest BCUT2D eigenvalue weighted by Crippen LogP contribution is 2.41. The minimum Gasteiger partial charge on any atom is -0.307 e. The normalized spacial score (nSPS) is 23.1. The van der Waals surface area contributed by atoms with Crippen LogP contribution in [0, 0.1) is 5.82 Å². The van der Waals surface area contributed by atoms with Crippen LogP contribution in [0.5, 0.6) is 0 Å². The van der Waals surface area contributed by atoms with Crippen LogP contribution >= 0.6 is 0 Å². The highest BCUT2D eigenvalue weighted by atomic mass is 19.1. The van der Waals surface area contributed by atoms with Gasteiger partial charge in [-0.15, -0.1) is 0 Å². The van der Waals surface area contributed by atoms with Crippen LogP contribution < -0.4 is 5.32 Å². The summed E-state index contributed by atoms with van der Waals surface area (Å²) in [6.07, 6.45) is 1.14. The second-order valence-electron chi connectivity index (χ2n) is 5.27. The molecule has 3 unspecified atom stereocenters. The standard InChI is InChI=1S/C17H18FN/c1-12(14-9-5-6-10-16(14)18)19-17-11-15(17)13-7-3-2-4-8-13/h2-10,12,15,17,19H,11H2,1H3. The highest BCUT2D eigenvalue weighted by Gasteiger charge is 2.38. The van der Waals surface area contributed by atoms with E-state index in [9.17, 15) is 4.39 Å². The lowest BCUT2D eigenvalue weighted by molar-refractivity contribution is 0.522. The first-order chi connectivity index (χ1) is 9.25. The van der Waals surface area contributed by atoms with Gasteiger partial charge in [-0.1, -0.05) is 48.5 Å². The third kappa shape index (κ3) is 2.69. The fourth-order valence-corrected chi connectivity index (χ4v) is 2.68. The third-order valence-electron chi connectivity index (χ3n) is 3.85. The van der Waals surface area contributed by atoms with Gasteiger partial charge in [0, 0.05) is 23.6 Å². The van der Waals surface area contributed by atoms with Crippen molar-refractivity contribution in [3.8, 4) is 0 Å². The molecule has 0 aliphatic heterocycles. The summed E-state index contributed by atoms with van der Waals surface area (Å²) in [6, 6.07) is 18.0. The van der Waals surface area contributed by atoms with Crippen molar-refractivity contribution in [2.75, 3.05) is 0 Å². The number of halogens is 1. The van der Waals surface area contributed by atoms with Crippen LogP contribution in [0.1, 0.15) is 36.4 Å². The van der Waals surface area contributed by atoms with Crippen LogP contribution in [0.2, 0.25) is 0 Å². The average Bonchev–Trinajstić information content (AvgIpc) is 3.19. The maximum atomic E-state index is 13.7. The molecule has 1 saturated carbocycles. The molecule has 0 spiro atoms. The highest BCUT2D eigenvalue weighted by molar-refractivity contribution is 5.29. The van der Waals surface area contributed by atoms with Crippen LogP contribution in [0.3, 0.4) is 0 Å². The van der Waals surface area contributed by atoms with E-state index in [1.165, 1.54) is 11.6 Å². The van der Waals surface area contributed by atoms with Gasteiger partial charge in [0.2, 0.25) is 0 Å². The number of nitrogens with one attached hydrogen (secondary N) is 1. The van der Waals surface area contributed by atoms with Gasteiger partial charge >= 0.3 is 0 Å². The lowest BCUT2D eigenvalue weighted by Gasteiger charge is -2.15. The van der Waals surface area contributed by atoms with Crippen LogP contribution in [-0.4, -0.2) is 6.04 Å². The zero-order valence-corrected chi connectivity index (χ0v) is 11.0. The fourth-order valence-electron chi connectivity index (χ4n) is 2.68. The van der Waals surface area contributed by atoms with Gasteiger partial charge in [0.15, 0.2) is 0 Å². The molecular formula is C17H18FN. The molecule has 3 atom stereocenters. The Morgan fingerprint density at radius 2 is 1.74 bits per heavy atom. The lowest BCUT2D eigenvalue weighted by atomic mass is 10.1. The molecule has 3 rings (SSSR count). The van der Waals surface area contributed by atoms with Gasteiger partial charge in [0.1, 0.15) is 5.82 Å². The van der Waals surface area contributed by atoms with Crippen molar-refractivity contribution >= 4 is 0 Å². The van der Waals surface area contributed by atoms with Gasteiger partial charge in [0.25, 0.3) is 0 Å². The molecule has 1 N–H and O–H groups in total. The van der Waals surface area contributed by atoms with Crippen LogP contribution in [-0.2, 0) is 0 Å². The number of benzene rings is 2. The quantitative estimate of drug-likeness (QED) is 0.869. The zero-order chi connectivity index (χ0) is 13.2. The van der Waals surface area contributed by atoms with Gasteiger partial charge in [-0.25, -0.2) is 4.39 Å². The number of hydrogen-bond acceptors (Lipinski definition) is 1. The summed E-state index contributed by atoms with van der Waals surface area (Å²) < 4.78 is 13.7. The molecule has 2 aromatic carbocycles. The molecule has 1 fully saturated rings. The molecule has 1 nitrogen and oxygen atoms in total. The zero-order valence-electron chi connectivity index (χ0n) is 11.0. The largest absolute Gasteiger partial charge is 0.307 e. The Morgan fingerprint density at radius 3 is 2.47 bits per heavy atom. The summed E-state index contributed by atoms with van der Waals surface area (Å²) in [4.78, 5) is 0. The van der Waals surface area contributed by atoms with Crippen LogP contribution in [0.4, 0.5) is 4.39 Å². The third-order valence-corrected chi connectivity index (χ3v) is 3.85. The molecule has 1 aliphatic rings. The Hall–Kier alpha value is -1.67. The second kappa shape index (κ2) is 5.14. The Labute approximate surface area is 113 Å². The summed E-state index contributed by atoms with van der Waals surface area (Å²) >= 11 is 0. The molecular weight excluding hydrogens is 237 g/mol. The van der Waals surface area contributed by atoms with Crippen molar-refractivity contribution in [3.05, 3.63) is 71.5 Å². The lowest BCUT2D eigenvalue weighted by Crippen LogP contribution is -2.22. The summed E-state index contributed by atoms with van der Waals surface area (Å²) in [5.41, 5.74) is 2.13. The van der Waals surface area contributed by atoms with Crippen molar-refractivity contribution in [1.82, 2.24) is 5.32 Å². The summed E-state index contributed by atoms with van der Waals surface area (Å²) in [6.45, 7) is 2.03. The molecule has 0 heterocycles. The van der Waals surface area contributed by atoms with E-state index in [1.807, 2.05) is 25.1 Å². The van der Waals surface area contributed by atoms with Gasteiger partial charge < -0.3 is 5.32 Å². The van der Waals surface area contributed by atoms with E-state index in [0.717, 1.165) is 12.0 Å². The number of hydrogen-bond donors (Lipinski definition) is 1. The molecule has 0 saturated heterocycles. The van der Waals surface area contributed by atoms with Crippen molar-refractivity contribution in [3.63, 3.8) is 0 Å². The summed E-state index contributed by atoms with van der Waals surface area (Å²) in [5.74, 6) is 0.454. The monoisotopic (exact) mass is 255 g/mol. The van der Waals surface area contributed by atoms with Gasteiger partial charge in [-0.3, -0.25) is 0 Å². The minimum atomic E-state index is -0.126. The molecule has 0 amide bonds. The van der Waals surface area contributed by atoms with Crippen molar-refractivity contribution in [2.45, 2.75) is 31.3 Å². The first-order valence-corrected chi connectivity index (χ1v) is 6.81. The van der Waals surface area contributed by atoms with Crippen LogP contribution in [0.25, 0.3) is 0 Å². The molecule has 0 bridgehead atoms. The average molecular weight is 255 g/mol. The van der Waals surface area contributed by atoms with Gasteiger partial charge in [-0.05, 0) is 25.0 Å². The maximum absolute atomic E-state index is 13.7. The van der Waals surface area contributed by atoms with E-state index < -0.39 is 0 Å². The van der Waals surface area contributed by atoms with E-state index in [-0.39, 0.29) is 11.9 Å². The second-order valence-corrected chi connectivity index (χ2v) is 5.27. The van der Waals surface area contributed by atoms with Gasteiger partial charge in [0.05, 0.1) is 0 Å². The minimum absolute atomic E-state index is 0.0555. The van der Waals surface area contributed by atoms with Crippen molar-refractivity contribution in [2.24, 2.45) is 0 Å². The van der Waals surface area contributed by atoms with E-state index >= 15 is 0 Å². The SMILES string of the molecule is CC(NC1CC1c1ccccc1)c1ccccc1F. The summed E-state index contributed by atoms with van der Waals surface area (Å²) in [7, 11) is 0. The molecule has 98 valence electrons. The first-order valence-electron chi connectivity index (χ1n) is 6.81. The molecule has 2 aromatic rings. The fraction of sp³-hybridized carbons (Fsp3) is 0.294. The summed E-state index contributed by atoms with van der Waals surface area (Å²) in [5, 5.41) is 3.52. The Balaban J connectivity index is 1.64. The van der Waals surface area contributed by atoms with E-state index in [1.54, 1.807) is 6.07 Å². The predicted molar refractivity (Wildman–Crippen MR) is 75.5 cm³/mol. The molecule has 0 aromatic heterocycles. The van der Waals surface area contributed by atoms with Crippen molar-refractivity contribution in [1.29, 1.82) is 0 Å². The smallest absolute Gasteiger partial charge is 0.127 e. The van der Waals surface area contributed by atoms with E-state index in [2.05, 4.69) is 29.6 Å². The van der Waals surface area contributed by atoms with Crippen LogP contribution in [0.15, 0.2) is 54.6 Å². The van der Waals surface area contributed by atoms with E-state index in [0.29, 0.717) is 12.0 Å². The maximum Gasteiger partial charge on any atom is 0.127 e. The molecule has 0 radical (unpaired) electrons. The molecule has 2 heteroatoms. The topological polar surface area (TPSA) is 12.0 Å². The van der Waals surface area contributed by atoms with E-state index in [4.69, 9.17) is 0 Å². The molecule has 1 aliphatic carbocycles. The predicted octanol–water partition coefficient (Wildman–Crippen LogP) is 4.03. The van der Waals surface area contributed by atoms with Crippen molar-refractivity contribution < 1.29 is 4.39 Å². The Bertz CT molecular complexity index is 552. The van der Waals surface area contributed by atoms with Gasteiger partial charge in [-0.2, -0.15) is 0 Å². The Kier molecular flexibility index (Phi) is 3.34. The Morgan fingerprint density at radius 1 is 1.05 bits per heavy atom. The number of rotatable bonds is 4.